The van der Waals surface area contributed by atoms with Crippen molar-refractivity contribution in [3.05, 3.63) is 48.0 Å². The Morgan fingerprint density at radius 1 is 1.40 bits per heavy atom. The van der Waals surface area contributed by atoms with Gasteiger partial charge in [0.1, 0.15) is 0 Å². The zero-order valence-electron chi connectivity index (χ0n) is 8.78. The molecule has 0 unspecified atom stereocenters. The van der Waals surface area contributed by atoms with Gasteiger partial charge in [0.15, 0.2) is 0 Å². The zero-order valence-corrected chi connectivity index (χ0v) is 8.78. The first-order valence-electron chi connectivity index (χ1n) is 5.31. The lowest BCUT2D eigenvalue weighted by molar-refractivity contribution is 0.0779. The number of carbonyl (C=O) groups excluding carboxylic acids is 1. The first kappa shape index (κ1) is 9.97. The van der Waals surface area contributed by atoms with E-state index in [1.165, 1.54) is 5.56 Å². The third-order valence-corrected chi connectivity index (χ3v) is 2.76. The van der Waals surface area contributed by atoms with E-state index in [9.17, 15) is 4.79 Å². The molecule has 1 aliphatic heterocycles. The molecule has 78 valence electrons. The van der Waals surface area contributed by atoms with E-state index in [-0.39, 0.29) is 5.91 Å². The summed E-state index contributed by atoms with van der Waals surface area (Å²) < 4.78 is 0. The molecule has 1 heterocycles. The van der Waals surface area contributed by atoms with Gasteiger partial charge in [-0.3, -0.25) is 4.79 Å². The summed E-state index contributed by atoms with van der Waals surface area (Å²) in [5.41, 5.74) is 2.03. The number of carbonyl (C=O) groups is 1. The number of hydrogen-bond acceptors (Lipinski definition) is 1. The molecule has 15 heavy (non-hydrogen) atoms. The van der Waals surface area contributed by atoms with E-state index in [1.54, 1.807) is 6.08 Å². The van der Waals surface area contributed by atoms with Gasteiger partial charge in [-0.15, -0.1) is 6.58 Å². The van der Waals surface area contributed by atoms with Gasteiger partial charge in [0.05, 0.1) is 0 Å². The molecule has 0 atom stereocenters. The van der Waals surface area contributed by atoms with Crippen LogP contribution in [0.4, 0.5) is 0 Å². The maximum Gasteiger partial charge on any atom is 0.254 e. The number of amides is 1. The summed E-state index contributed by atoms with van der Waals surface area (Å²) in [7, 11) is 0. The lowest BCUT2D eigenvalue weighted by Gasteiger charge is -2.18. The molecule has 0 fully saturated rings. The molecule has 2 nitrogen and oxygen atoms in total. The number of benzene rings is 1. The molecule has 0 radical (unpaired) electrons. The van der Waals surface area contributed by atoms with Gasteiger partial charge >= 0.3 is 0 Å². The van der Waals surface area contributed by atoms with E-state index in [0.29, 0.717) is 6.54 Å². The summed E-state index contributed by atoms with van der Waals surface area (Å²) in [6, 6.07) is 7.88. The zero-order chi connectivity index (χ0) is 10.7. The second-order valence-electron chi connectivity index (χ2n) is 3.80. The smallest absolute Gasteiger partial charge is 0.254 e. The van der Waals surface area contributed by atoms with Crippen LogP contribution in [0.15, 0.2) is 36.9 Å². The van der Waals surface area contributed by atoms with Crippen LogP contribution in [0.3, 0.4) is 0 Å². The Hall–Kier alpha value is -1.57. The van der Waals surface area contributed by atoms with Crippen LogP contribution in [0.25, 0.3) is 0 Å². The van der Waals surface area contributed by atoms with E-state index < -0.39 is 0 Å². The van der Waals surface area contributed by atoms with Crippen molar-refractivity contribution < 1.29 is 4.79 Å². The summed E-state index contributed by atoms with van der Waals surface area (Å²) in [5, 5.41) is 0. The van der Waals surface area contributed by atoms with Crippen molar-refractivity contribution in [1.82, 2.24) is 4.90 Å². The van der Waals surface area contributed by atoms with Gasteiger partial charge in [-0.1, -0.05) is 24.3 Å². The predicted octanol–water partition coefficient (Wildman–Crippen LogP) is 2.26. The molecule has 0 bridgehead atoms. The minimum atomic E-state index is 0.142. The first-order valence-corrected chi connectivity index (χ1v) is 5.31. The fraction of sp³-hybridized carbons (Fsp3) is 0.308. The number of fused-ring (bicyclic) bond motifs is 1. The Labute approximate surface area is 90.2 Å². The number of aryl methyl sites for hydroxylation is 1. The van der Waals surface area contributed by atoms with Gasteiger partial charge in [-0.25, -0.2) is 0 Å². The lowest BCUT2D eigenvalue weighted by atomic mass is 10.0. The normalized spacial score (nSPS) is 15.7. The molecule has 2 heteroatoms. The highest BCUT2D eigenvalue weighted by Gasteiger charge is 2.20. The van der Waals surface area contributed by atoms with Crippen LogP contribution in [0.2, 0.25) is 0 Å². The fourth-order valence-electron chi connectivity index (χ4n) is 2.01. The molecule has 1 aromatic rings. The highest BCUT2D eigenvalue weighted by molar-refractivity contribution is 5.96. The minimum Gasteiger partial charge on any atom is -0.335 e. The van der Waals surface area contributed by atoms with E-state index in [0.717, 1.165) is 24.9 Å². The van der Waals surface area contributed by atoms with Gasteiger partial charge in [0.25, 0.3) is 5.91 Å². The maximum atomic E-state index is 12.1. The summed E-state index contributed by atoms with van der Waals surface area (Å²) in [6.45, 7) is 5.16. The molecule has 0 spiro atoms. The molecular weight excluding hydrogens is 186 g/mol. The lowest BCUT2D eigenvalue weighted by Crippen LogP contribution is -2.30. The van der Waals surface area contributed by atoms with E-state index in [4.69, 9.17) is 0 Å². The van der Waals surface area contributed by atoms with Crippen LogP contribution in [0.1, 0.15) is 22.3 Å². The van der Waals surface area contributed by atoms with Crippen molar-refractivity contribution in [1.29, 1.82) is 0 Å². The molecular formula is C13H15NO. The van der Waals surface area contributed by atoms with Crippen LogP contribution >= 0.6 is 0 Å². The summed E-state index contributed by atoms with van der Waals surface area (Å²) in [4.78, 5) is 14.0. The SMILES string of the molecule is C=CCN1CCCc2ccccc2C1=O. The van der Waals surface area contributed by atoms with Crippen LogP contribution in [-0.4, -0.2) is 23.9 Å². The molecule has 1 amide bonds. The largest absolute Gasteiger partial charge is 0.335 e. The third-order valence-electron chi connectivity index (χ3n) is 2.76. The van der Waals surface area contributed by atoms with E-state index >= 15 is 0 Å². The Balaban J connectivity index is 2.34. The molecule has 0 N–H and O–H groups in total. The molecule has 1 aliphatic rings. The first-order chi connectivity index (χ1) is 7.33. The highest BCUT2D eigenvalue weighted by atomic mass is 16.2. The highest BCUT2D eigenvalue weighted by Crippen LogP contribution is 2.18. The average Bonchev–Trinajstić information content (AvgIpc) is 2.41. The summed E-state index contributed by atoms with van der Waals surface area (Å²) >= 11 is 0. The molecule has 0 aromatic heterocycles. The van der Waals surface area contributed by atoms with Crippen molar-refractivity contribution in [2.24, 2.45) is 0 Å². The van der Waals surface area contributed by atoms with Crippen LogP contribution < -0.4 is 0 Å². The van der Waals surface area contributed by atoms with Crippen LogP contribution in [0.5, 0.6) is 0 Å². The van der Waals surface area contributed by atoms with Crippen molar-refractivity contribution in [2.45, 2.75) is 12.8 Å². The fourth-order valence-corrected chi connectivity index (χ4v) is 2.01. The Morgan fingerprint density at radius 2 is 2.20 bits per heavy atom. The molecule has 0 saturated heterocycles. The van der Waals surface area contributed by atoms with Crippen molar-refractivity contribution in [3.8, 4) is 0 Å². The van der Waals surface area contributed by atoms with Crippen molar-refractivity contribution >= 4 is 5.91 Å². The van der Waals surface area contributed by atoms with E-state index in [2.05, 4.69) is 6.58 Å². The Bertz CT molecular complexity index is 384. The second kappa shape index (κ2) is 4.30. The van der Waals surface area contributed by atoms with Gasteiger partial charge in [0, 0.05) is 18.7 Å². The summed E-state index contributed by atoms with van der Waals surface area (Å²) in [6.07, 6.45) is 3.82. The van der Waals surface area contributed by atoms with Gasteiger partial charge in [0.2, 0.25) is 0 Å². The van der Waals surface area contributed by atoms with Crippen molar-refractivity contribution in [3.63, 3.8) is 0 Å². The second-order valence-corrected chi connectivity index (χ2v) is 3.80. The molecule has 2 rings (SSSR count). The standard InChI is InChI=1S/C13H15NO/c1-2-9-14-10-5-7-11-6-3-4-8-12(11)13(14)15/h2-4,6,8H,1,5,7,9-10H2. The average molecular weight is 201 g/mol. The Kier molecular flexibility index (Phi) is 2.86. The number of nitrogens with zero attached hydrogens (tertiary/aromatic N) is 1. The minimum absolute atomic E-state index is 0.142. The molecule has 0 saturated carbocycles. The molecule has 0 aliphatic carbocycles. The third kappa shape index (κ3) is 1.94. The van der Waals surface area contributed by atoms with Crippen LogP contribution in [-0.2, 0) is 6.42 Å². The van der Waals surface area contributed by atoms with E-state index in [1.807, 2.05) is 29.2 Å². The quantitative estimate of drug-likeness (QED) is 0.672. The summed E-state index contributed by atoms with van der Waals surface area (Å²) in [5.74, 6) is 0.142. The van der Waals surface area contributed by atoms with Crippen molar-refractivity contribution in [2.75, 3.05) is 13.1 Å². The van der Waals surface area contributed by atoms with Gasteiger partial charge in [-0.2, -0.15) is 0 Å². The number of rotatable bonds is 2. The van der Waals surface area contributed by atoms with Gasteiger partial charge in [-0.05, 0) is 24.5 Å². The maximum absolute atomic E-state index is 12.1. The molecule has 1 aromatic carbocycles. The van der Waals surface area contributed by atoms with Crippen LogP contribution in [0, 0.1) is 0 Å². The monoisotopic (exact) mass is 201 g/mol. The van der Waals surface area contributed by atoms with Gasteiger partial charge < -0.3 is 4.90 Å². The topological polar surface area (TPSA) is 20.3 Å². The number of hydrogen-bond donors (Lipinski definition) is 0. The predicted molar refractivity (Wildman–Crippen MR) is 60.9 cm³/mol. The Morgan fingerprint density at radius 3 is 3.00 bits per heavy atom.